The van der Waals surface area contributed by atoms with Gasteiger partial charge in [-0.15, -0.1) is 0 Å². The Morgan fingerprint density at radius 1 is 1.06 bits per heavy atom. The van der Waals surface area contributed by atoms with Crippen molar-refractivity contribution in [3.63, 3.8) is 0 Å². The summed E-state index contributed by atoms with van der Waals surface area (Å²) in [4.78, 5) is 0. The third kappa shape index (κ3) is 11.4. The molecule has 0 aromatic heterocycles. The molecular formula is C14H25NO2. The van der Waals surface area contributed by atoms with Gasteiger partial charge in [0.2, 0.25) is 0 Å². The van der Waals surface area contributed by atoms with Gasteiger partial charge in [-0.3, -0.25) is 0 Å². The maximum Gasteiger partial charge on any atom is 0.0634 e. The van der Waals surface area contributed by atoms with E-state index in [-0.39, 0.29) is 12.2 Å². The predicted octanol–water partition coefficient (Wildman–Crippen LogP) is 1.72. The molecule has 4 N–H and O–H groups in total. The number of benzene rings is 1. The van der Waals surface area contributed by atoms with E-state index in [0.29, 0.717) is 6.54 Å². The Balaban J connectivity index is 0.000000437. The summed E-state index contributed by atoms with van der Waals surface area (Å²) in [7, 11) is 0. The second kappa shape index (κ2) is 10.3. The largest absolute Gasteiger partial charge is 0.393 e. The standard InChI is InChI=1S/C11H16O.C3H9NO/c1-10(12)6-5-9-11-7-3-2-4-8-11;1-3(5)2-4/h2-4,7-8,10,12H,5-6,9H2,1H3;3,5H,2,4H2,1H3. The van der Waals surface area contributed by atoms with Gasteiger partial charge in [0.15, 0.2) is 0 Å². The number of aliphatic hydroxyl groups excluding tert-OH is 2. The van der Waals surface area contributed by atoms with Gasteiger partial charge in [0.05, 0.1) is 12.2 Å². The highest BCUT2D eigenvalue weighted by Gasteiger charge is 1.95. The van der Waals surface area contributed by atoms with Crippen molar-refractivity contribution in [1.82, 2.24) is 0 Å². The van der Waals surface area contributed by atoms with Crippen LogP contribution >= 0.6 is 0 Å². The Morgan fingerprint density at radius 2 is 1.59 bits per heavy atom. The van der Waals surface area contributed by atoms with Gasteiger partial charge in [-0.05, 0) is 38.7 Å². The van der Waals surface area contributed by atoms with Gasteiger partial charge in [0, 0.05) is 6.54 Å². The summed E-state index contributed by atoms with van der Waals surface area (Å²) in [6, 6.07) is 10.4. The summed E-state index contributed by atoms with van der Waals surface area (Å²) in [5.41, 5.74) is 6.28. The van der Waals surface area contributed by atoms with Crippen molar-refractivity contribution in [1.29, 1.82) is 0 Å². The zero-order valence-corrected chi connectivity index (χ0v) is 10.8. The summed E-state index contributed by atoms with van der Waals surface area (Å²) < 4.78 is 0. The molecule has 0 saturated heterocycles. The Hall–Kier alpha value is -0.900. The molecule has 0 fully saturated rings. The van der Waals surface area contributed by atoms with Crippen LogP contribution in [0, 0.1) is 0 Å². The molecule has 3 heteroatoms. The van der Waals surface area contributed by atoms with Crippen molar-refractivity contribution in [3.05, 3.63) is 35.9 Å². The van der Waals surface area contributed by atoms with Crippen molar-refractivity contribution >= 4 is 0 Å². The van der Waals surface area contributed by atoms with E-state index in [0.717, 1.165) is 19.3 Å². The fraction of sp³-hybridized carbons (Fsp3) is 0.571. The van der Waals surface area contributed by atoms with Crippen LogP contribution in [0.1, 0.15) is 32.3 Å². The van der Waals surface area contributed by atoms with Crippen molar-refractivity contribution < 1.29 is 10.2 Å². The Bertz CT molecular complexity index is 260. The van der Waals surface area contributed by atoms with Gasteiger partial charge in [-0.2, -0.15) is 0 Å². The highest BCUT2D eigenvalue weighted by atomic mass is 16.3. The fourth-order valence-electron chi connectivity index (χ4n) is 1.25. The first kappa shape index (κ1) is 16.1. The summed E-state index contributed by atoms with van der Waals surface area (Å²) in [6.07, 6.45) is 2.55. The average molecular weight is 239 g/mol. The van der Waals surface area contributed by atoms with E-state index in [1.807, 2.05) is 13.0 Å². The van der Waals surface area contributed by atoms with Gasteiger partial charge in [-0.1, -0.05) is 30.3 Å². The van der Waals surface area contributed by atoms with Crippen LogP contribution in [0.5, 0.6) is 0 Å². The molecule has 17 heavy (non-hydrogen) atoms. The van der Waals surface area contributed by atoms with Crippen LogP contribution in [0.25, 0.3) is 0 Å². The lowest BCUT2D eigenvalue weighted by molar-refractivity contribution is 0.181. The van der Waals surface area contributed by atoms with Crippen LogP contribution in [0.2, 0.25) is 0 Å². The summed E-state index contributed by atoms with van der Waals surface area (Å²) in [5, 5.41) is 17.3. The first-order valence-corrected chi connectivity index (χ1v) is 6.16. The Morgan fingerprint density at radius 3 is 2.00 bits per heavy atom. The molecule has 1 aromatic carbocycles. The number of hydrogen-bond donors (Lipinski definition) is 3. The van der Waals surface area contributed by atoms with Gasteiger partial charge in [0.25, 0.3) is 0 Å². The van der Waals surface area contributed by atoms with E-state index in [9.17, 15) is 0 Å². The lowest BCUT2D eigenvalue weighted by Crippen LogP contribution is -2.14. The van der Waals surface area contributed by atoms with Crippen LogP contribution in [0.3, 0.4) is 0 Å². The highest BCUT2D eigenvalue weighted by Crippen LogP contribution is 2.05. The van der Waals surface area contributed by atoms with E-state index >= 15 is 0 Å². The summed E-state index contributed by atoms with van der Waals surface area (Å²) in [6.45, 7) is 3.85. The highest BCUT2D eigenvalue weighted by molar-refractivity contribution is 5.14. The predicted molar refractivity (Wildman–Crippen MR) is 71.8 cm³/mol. The van der Waals surface area contributed by atoms with Crippen LogP contribution in [-0.2, 0) is 6.42 Å². The van der Waals surface area contributed by atoms with Crippen molar-refractivity contribution in [2.45, 2.75) is 45.3 Å². The minimum absolute atomic E-state index is 0.159. The van der Waals surface area contributed by atoms with Gasteiger partial charge >= 0.3 is 0 Å². The third-order valence-corrected chi connectivity index (χ3v) is 2.27. The molecule has 2 unspecified atom stereocenters. The quantitative estimate of drug-likeness (QED) is 0.733. The molecule has 2 atom stereocenters. The molecule has 0 aliphatic carbocycles. The van der Waals surface area contributed by atoms with E-state index in [2.05, 4.69) is 24.3 Å². The molecule has 0 heterocycles. The van der Waals surface area contributed by atoms with Crippen molar-refractivity contribution in [2.75, 3.05) is 6.54 Å². The lowest BCUT2D eigenvalue weighted by atomic mass is 10.1. The minimum atomic E-state index is -0.338. The maximum atomic E-state index is 9.03. The van der Waals surface area contributed by atoms with Crippen LogP contribution < -0.4 is 5.73 Å². The fourth-order valence-corrected chi connectivity index (χ4v) is 1.25. The molecule has 0 spiro atoms. The number of rotatable bonds is 5. The number of hydrogen-bond acceptors (Lipinski definition) is 3. The summed E-state index contributed by atoms with van der Waals surface area (Å²) >= 11 is 0. The first-order chi connectivity index (χ1) is 8.06. The molecule has 0 amide bonds. The molecule has 0 bridgehead atoms. The molecule has 0 radical (unpaired) electrons. The maximum absolute atomic E-state index is 9.03. The second-order valence-corrected chi connectivity index (χ2v) is 4.31. The Labute approximate surface area is 104 Å². The monoisotopic (exact) mass is 239 g/mol. The number of aryl methyl sites for hydroxylation is 1. The van der Waals surface area contributed by atoms with E-state index in [4.69, 9.17) is 15.9 Å². The number of nitrogens with two attached hydrogens (primary N) is 1. The van der Waals surface area contributed by atoms with Gasteiger partial charge < -0.3 is 15.9 Å². The van der Waals surface area contributed by atoms with E-state index < -0.39 is 0 Å². The van der Waals surface area contributed by atoms with Gasteiger partial charge in [-0.25, -0.2) is 0 Å². The first-order valence-electron chi connectivity index (χ1n) is 6.16. The summed E-state index contributed by atoms with van der Waals surface area (Å²) in [5.74, 6) is 0. The lowest BCUT2D eigenvalue weighted by Gasteiger charge is -2.03. The third-order valence-electron chi connectivity index (χ3n) is 2.27. The zero-order chi connectivity index (χ0) is 13.1. The van der Waals surface area contributed by atoms with Gasteiger partial charge in [0.1, 0.15) is 0 Å². The van der Waals surface area contributed by atoms with Crippen molar-refractivity contribution in [3.8, 4) is 0 Å². The molecule has 0 aliphatic heterocycles. The van der Waals surface area contributed by atoms with E-state index in [1.165, 1.54) is 5.56 Å². The van der Waals surface area contributed by atoms with Crippen LogP contribution in [0.15, 0.2) is 30.3 Å². The zero-order valence-electron chi connectivity index (χ0n) is 10.8. The number of aliphatic hydroxyl groups is 2. The topological polar surface area (TPSA) is 66.5 Å². The Kier molecular flexibility index (Phi) is 9.72. The SMILES string of the molecule is CC(O)CCCc1ccccc1.CC(O)CN. The van der Waals surface area contributed by atoms with Crippen LogP contribution in [-0.4, -0.2) is 29.0 Å². The van der Waals surface area contributed by atoms with Crippen LogP contribution in [0.4, 0.5) is 0 Å². The second-order valence-electron chi connectivity index (χ2n) is 4.31. The van der Waals surface area contributed by atoms with Crippen molar-refractivity contribution in [2.24, 2.45) is 5.73 Å². The average Bonchev–Trinajstić information content (AvgIpc) is 2.30. The molecule has 1 rings (SSSR count). The normalized spacial score (nSPS) is 13.5. The molecule has 0 saturated carbocycles. The molecule has 98 valence electrons. The smallest absolute Gasteiger partial charge is 0.0634 e. The molecular weight excluding hydrogens is 214 g/mol. The molecule has 0 aliphatic rings. The molecule has 1 aromatic rings. The molecule has 3 nitrogen and oxygen atoms in total. The minimum Gasteiger partial charge on any atom is -0.393 e. The van der Waals surface area contributed by atoms with E-state index in [1.54, 1.807) is 6.92 Å².